The molecule has 4 nitrogen and oxygen atoms in total. The van der Waals surface area contributed by atoms with Crippen molar-refractivity contribution in [2.45, 2.75) is 12.8 Å². The maximum absolute atomic E-state index is 11.8. The maximum atomic E-state index is 11.8. The van der Waals surface area contributed by atoms with E-state index in [-0.39, 0.29) is 13.2 Å². The van der Waals surface area contributed by atoms with Crippen LogP contribution in [0.1, 0.15) is 33.6 Å². The molecule has 0 aliphatic carbocycles. The van der Waals surface area contributed by atoms with Gasteiger partial charge in [0.15, 0.2) is 0 Å². The fourth-order valence-corrected chi connectivity index (χ4v) is 2.37. The number of unbranched alkanes of at least 4 members (excludes halogenated alkanes) is 1. The smallest absolute Gasteiger partial charge is 0.339 e. The molecule has 0 atom stereocenters. The summed E-state index contributed by atoms with van der Waals surface area (Å²) < 4.78 is 10.3. The molecule has 0 saturated heterocycles. The van der Waals surface area contributed by atoms with Crippen molar-refractivity contribution in [3.63, 3.8) is 0 Å². The SMILES string of the molecule is O=C(OCCCCOC(=O)c1ccccc1Cl)c1ccccc1Cl. The molecule has 0 spiro atoms. The molecule has 0 bridgehead atoms. The molecule has 0 amide bonds. The van der Waals surface area contributed by atoms with Crippen LogP contribution in [-0.2, 0) is 9.47 Å². The summed E-state index contributed by atoms with van der Waals surface area (Å²) >= 11 is 11.8. The summed E-state index contributed by atoms with van der Waals surface area (Å²) in [6.07, 6.45) is 1.15. The van der Waals surface area contributed by atoms with E-state index in [4.69, 9.17) is 32.7 Å². The third-order valence-electron chi connectivity index (χ3n) is 3.19. The normalized spacial score (nSPS) is 10.2. The lowest BCUT2D eigenvalue weighted by atomic mass is 10.2. The predicted octanol–water partition coefficient (Wildman–Crippen LogP) is 4.79. The van der Waals surface area contributed by atoms with E-state index in [1.165, 1.54) is 0 Å². The molecule has 0 heterocycles. The van der Waals surface area contributed by atoms with E-state index in [0.717, 1.165) is 0 Å². The molecule has 0 aliphatic rings. The number of ether oxygens (including phenoxy) is 2. The fraction of sp³-hybridized carbons (Fsp3) is 0.222. The Morgan fingerprint density at radius 1 is 0.708 bits per heavy atom. The number of benzene rings is 2. The van der Waals surface area contributed by atoms with Gasteiger partial charge in [-0.05, 0) is 37.1 Å². The van der Waals surface area contributed by atoms with Gasteiger partial charge in [-0.15, -0.1) is 0 Å². The Kier molecular flexibility index (Phi) is 7.09. The van der Waals surface area contributed by atoms with Crippen molar-refractivity contribution >= 4 is 35.1 Å². The fourth-order valence-electron chi connectivity index (χ4n) is 1.94. The second-order valence-corrected chi connectivity index (χ2v) is 5.75. The van der Waals surface area contributed by atoms with Gasteiger partial charge in [0.25, 0.3) is 0 Å². The van der Waals surface area contributed by atoms with Crippen LogP contribution in [0.25, 0.3) is 0 Å². The quantitative estimate of drug-likeness (QED) is 0.522. The van der Waals surface area contributed by atoms with Crippen molar-refractivity contribution < 1.29 is 19.1 Å². The molecule has 0 aromatic heterocycles. The van der Waals surface area contributed by atoms with E-state index in [1.807, 2.05) is 0 Å². The molecular formula is C18H16Cl2O4. The molecule has 24 heavy (non-hydrogen) atoms. The van der Waals surface area contributed by atoms with E-state index >= 15 is 0 Å². The Morgan fingerprint density at radius 3 is 1.46 bits per heavy atom. The second-order valence-electron chi connectivity index (χ2n) is 4.94. The van der Waals surface area contributed by atoms with Crippen LogP contribution in [0.15, 0.2) is 48.5 Å². The molecule has 0 radical (unpaired) electrons. The summed E-state index contributed by atoms with van der Waals surface area (Å²) in [6.45, 7) is 0.460. The van der Waals surface area contributed by atoms with Gasteiger partial charge < -0.3 is 9.47 Å². The van der Waals surface area contributed by atoms with Gasteiger partial charge in [0.1, 0.15) is 0 Å². The summed E-state index contributed by atoms with van der Waals surface area (Å²) in [4.78, 5) is 23.6. The van der Waals surface area contributed by atoms with Gasteiger partial charge in [-0.3, -0.25) is 0 Å². The standard InChI is InChI=1S/C18H16Cl2O4/c19-15-9-3-1-7-13(15)17(21)23-11-5-6-12-24-18(22)14-8-2-4-10-16(14)20/h1-4,7-10H,5-6,11-12H2. The number of rotatable bonds is 7. The lowest BCUT2D eigenvalue weighted by molar-refractivity contribution is 0.0432. The summed E-state index contributed by atoms with van der Waals surface area (Å²) in [7, 11) is 0. The Bertz CT molecular complexity index is 654. The first-order valence-electron chi connectivity index (χ1n) is 7.43. The van der Waals surface area contributed by atoms with Crippen LogP contribution in [0, 0.1) is 0 Å². The molecule has 0 fully saturated rings. The monoisotopic (exact) mass is 366 g/mol. The lowest BCUT2D eigenvalue weighted by Crippen LogP contribution is -2.10. The third-order valence-corrected chi connectivity index (χ3v) is 3.85. The van der Waals surface area contributed by atoms with Gasteiger partial charge >= 0.3 is 11.9 Å². The molecule has 0 aliphatic heterocycles. The van der Waals surface area contributed by atoms with E-state index in [2.05, 4.69) is 0 Å². The number of halogens is 2. The second kappa shape index (κ2) is 9.30. The van der Waals surface area contributed by atoms with Crippen LogP contribution in [0.4, 0.5) is 0 Å². The van der Waals surface area contributed by atoms with Crippen molar-refractivity contribution in [3.8, 4) is 0 Å². The minimum absolute atomic E-state index is 0.230. The van der Waals surface area contributed by atoms with E-state index in [1.54, 1.807) is 48.5 Å². The van der Waals surface area contributed by atoms with Crippen LogP contribution in [0.3, 0.4) is 0 Å². The average molecular weight is 367 g/mol. The Morgan fingerprint density at radius 2 is 1.08 bits per heavy atom. The molecule has 6 heteroatoms. The minimum atomic E-state index is -0.464. The number of carbonyl (C=O) groups excluding carboxylic acids is 2. The molecule has 126 valence electrons. The van der Waals surface area contributed by atoms with Crippen molar-refractivity contribution in [3.05, 3.63) is 69.7 Å². The van der Waals surface area contributed by atoms with Gasteiger partial charge in [0.05, 0.1) is 34.4 Å². The summed E-state index contributed by atoms with van der Waals surface area (Å²) in [5, 5.41) is 0.715. The van der Waals surface area contributed by atoms with Gasteiger partial charge in [0, 0.05) is 0 Å². The first-order chi connectivity index (χ1) is 11.6. The van der Waals surface area contributed by atoms with Crippen molar-refractivity contribution in [1.29, 1.82) is 0 Å². The topological polar surface area (TPSA) is 52.6 Å². The molecule has 2 aromatic rings. The highest BCUT2D eigenvalue weighted by atomic mass is 35.5. The third kappa shape index (κ3) is 5.25. The highest BCUT2D eigenvalue weighted by Gasteiger charge is 2.12. The van der Waals surface area contributed by atoms with Crippen LogP contribution in [0.2, 0.25) is 10.0 Å². The van der Waals surface area contributed by atoms with Crippen LogP contribution in [-0.4, -0.2) is 25.2 Å². The highest BCUT2D eigenvalue weighted by molar-refractivity contribution is 6.33. The summed E-state index contributed by atoms with van der Waals surface area (Å²) in [5.41, 5.74) is 0.675. The van der Waals surface area contributed by atoms with Crippen LogP contribution < -0.4 is 0 Å². The number of carbonyl (C=O) groups is 2. The van der Waals surface area contributed by atoms with Crippen molar-refractivity contribution in [2.24, 2.45) is 0 Å². The molecule has 0 saturated carbocycles. The average Bonchev–Trinajstić information content (AvgIpc) is 2.58. The number of hydrogen-bond acceptors (Lipinski definition) is 4. The summed E-state index contributed by atoms with van der Waals surface area (Å²) in [6, 6.07) is 13.4. The largest absolute Gasteiger partial charge is 0.462 e. The van der Waals surface area contributed by atoms with Gasteiger partial charge in [-0.25, -0.2) is 9.59 Å². The van der Waals surface area contributed by atoms with Gasteiger partial charge in [-0.1, -0.05) is 47.5 Å². The maximum Gasteiger partial charge on any atom is 0.339 e. The lowest BCUT2D eigenvalue weighted by Gasteiger charge is -2.07. The Balaban J connectivity index is 1.65. The zero-order chi connectivity index (χ0) is 17.4. The molecule has 0 N–H and O–H groups in total. The van der Waals surface area contributed by atoms with Crippen molar-refractivity contribution in [1.82, 2.24) is 0 Å². The zero-order valence-corrected chi connectivity index (χ0v) is 14.3. The molecule has 2 aromatic carbocycles. The predicted molar refractivity (Wildman–Crippen MR) is 92.7 cm³/mol. The van der Waals surface area contributed by atoms with E-state index in [9.17, 15) is 9.59 Å². The van der Waals surface area contributed by atoms with Crippen LogP contribution >= 0.6 is 23.2 Å². The molecular weight excluding hydrogens is 351 g/mol. The first kappa shape index (κ1) is 18.3. The first-order valence-corrected chi connectivity index (χ1v) is 8.18. The van der Waals surface area contributed by atoms with E-state index < -0.39 is 11.9 Å². The number of esters is 2. The van der Waals surface area contributed by atoms with Gasteiger partial charge in [0.2, 0.25) is 0 Å². The van der Waals surface area contributed by atoms with Gasteiger partial charge in [-0.2, -0.15) is 0 Å². The Hall–Kier alpha value is -2.04. The molecule has 2 rings (SSSR count). The van der Waals surface area contributed by atoms with E-state index in [0.29, 0.717) is 34.0 Å². The summed E-state index contributed by atoms with van der Waals surface area (Å²) in [5.74, 6) is -0.928. The zero-order valence-electron chi connectivity index (χ0n) is 12.8. The van der Waals surface area contributed by atoms with Crippen LogP contribution in [0.5, 0.6) is 0 Å². The molecule has 0 unspecified atom stereocenters. The Labute approximate surface area is 150 Å². The van der Waals surface area contributed by atoms with Crippen molar-refractivity contribution in [2.75, 3.05) is 13.2 Å². The minimum Gasteiger partial charge on any atom is -0.462 e. The highest BCUT2D eigenvalue weighted by Crippen LogP contribution is 2.17. The number of hydrogen-bond donors (Lipinski definition) is 0.